The van der Waals surface area contributed by atoms with E-state index in [2.05, 4.69) is 32.2 Å². The Hall–Kier alpha value is -1.51. The summed E-state index contributed by atoms with van der Waals surface area (Å²) in [5.74, 6) is 0.814. The van der Waals surface area contributed by atoms with Crippen LogP contribution in [0.2, 0.25) is 0 Å². The minimum absolute atomic E-state index is 0.200. The Morgan fingerprint density at radius 3 is 2.85 bits per heavy atom. The second-order valence-corrected chi connectivity index (χ2v) is 7.15. The van der Waals surface area contributed by atoms with Crippen LogP contribution >= 0.6 is 0 Å². The number of carbonyl (C=O) groups is 1. The number of benzene rings is 1. The van der Waals surface area contributed by atoms with Crippen LogP contribution in [0.15, 0.2) is 18.2 Å². The summed E-state index contributed by atoms with van der Waals surface area (Å²) in [4.78, 5) is 14.7. The summed E-state index contributed by atoms with van der Waals surface area (Å²) in [6.07, 6.45) is 2.16. The highest BCUT2D eigenvalue weighted by atomic mass is 16.2. The van der Waals surface area contributed by atoms with E-state index in [0.717, 1.165) is 38.0 Å². The van der Waals surface area contributed by atoms with E-state index in [0.29, 0.717) is 5.92 Å². The normalized spacial score (nSPS) is 21.8. The van der Waals surface area contributed by atoms with E-state index in [9.17, 15) is 4.79 Å². The average molecular weight is 272 g/mol. The summed E-state index contributed by atoms with van der Waals surface area (Å²) < 4.78 is 0. The van der Waals surface area contributed by atoms with E-state index in [1.54, 1.807) is 0 Å². The number of hydrogen-bond donors (Lipinski definition) is 1. The summed E-state index contributed by atoms with van der Waals surface area (Å²) in [6, 6.07) is 6.08. The molecular formula is C17H24N2O. The van der Waals surface area contributed by atoms with Gasteiger partial charge in [0.15, 0.2) is 0 Å². The molecule has 1 fully saturated rings. The maximum Gasteiger partial charge on any atom is 0.253 e. The van der Waals surface area contributed by atoms with Crippen LogP contribution in [-0.2, 0) is 6.42 Å². The van der Waals surface area contributed by atoms with Crippen LogP contribution in [0.5, 0.6) is 0 Å². The van der Waals surface area contributed by atoms with Crippen molar-refractivity contribution in [3.8, 4) is 0 Å². The maximum atomic E-state index is 12.6. The van der Waals surface area contributed by atoms with E-state index in [-0.39, 0.29) is 11.3 Å². The topological polar surface area (TPSA) is 32.3 Å². The Balaban J connectivity index is 1.74. The van der Waals surface area contributed by atoms with Gasteiger partial charge in [-0.2, -0.15) is 0 Å². The first-order chi connectivity index (χ1) is 9.45. The molecule has 1 unspecified atom stereocenters. The van der Waals surface area contributed by atoms with Gasteiger partial charge in [-0.25, -0.2) is 0 Å². The summed E-state index contributed by atoms with van der Waals surface area (Å²) in [7, 11) is 0. The first-order valence-corrected chi connectivity index (χ1v) is 7.61. The zero-order chi connectivity index (χ0) is 14.3. The molecule has 0 aromatic heterocycles. The molecule has 1 amide bonds. The fourth-order valence-corrected chi connectivity index (χ4v) is 3.27. The Kier molecular flexibility index (Phi) is 3.23. The quantitative estimate of drug-likeness (QED) is 0.851. The van der Waals surface area contributed by atoms with E-state index in [1.807, 2.05) is 17.0 Å². The highest BCUT2D eigenvalue weighted by Crippen LogP contribution is 2.34. The zero-order valence-electron chi connectivity index (χ0n) is 12.7. The molecule has 20 heavy (non-hydrogen) atoms. The van der Waals surface area contributed by atoms with Crippen molar-refractivity contribution in [3.63, 3.8) is 0 Å². The minimum atomic E-state index is 0.200. The molecule has 0 radical (unpaired) electrons. The van der Waals surface area contributed by atoms with Crippen molar-refractivity contribution in [1.29, 1.82) is 0 Å². The third kappa shape index (κ3) is 2.41. The molecule has 1 N–H and O–H groups in total. The van der Waals surface area contributed by atoms with Gasteiger partial charge in [-0.1, -0.05) is 20.8 Å². The van der Waals surface area contributed by atoms with Crippen molar-refractivity contribution in [2.45, 2.75) is 33.6 Å². The monoisotopic (exact) mass is 272 g/mol. The predicted molar refractivity (Wildman–Crippen MR) is 82.1 cm³/mol. The number of hydrogen-bond acceptors (Lipinski definition) is 2. The number of anilines is 1. The van der Waals surface area contributed by atoms with Gasteiger partial charge in [0.25, 0.3) is 5.91 Å². The van der Waals surface area contributed by atoms with Crippen molar-refractivity contribution < 1.29 is 4.79 Å². The number of nitrogens with zero attached hydrogens (tertiary/aromatic N) is 1. The predicted octanol–water partition coefficient (Wildman–Crippen LogP) is 3.16. The van der Waals surface area contributed by atoms with Gasteiger partial charge in [0, 0.05) is 30.9 Å². The van der Waals surface area contributed by atoms with Crippen LogP contribution in [0.4, 0.5) is 5.69 Å². The van der Waals surface area contributed by atoms with Crippen LogP contribution < -0.4 is 5.32 Å². The second kappa shape index (κ2) is 4.80. The fraction of sp³-hybridized carbons (Fsp3) is 0.588. The van der Waals surface area contributed by atoms with Crippen LogP contribution in [0.3, 0.4) is 0 Å². The molecule has 1 atom stereocenters. The molecule has 1 aromatic carbocycles. The van der Waals surface area contributed by atoms with Gasteiger partial charge in [-0.15, -0.1) is 0 Å². The molecular weight excluding hydrogens is 248 g/mol. The molecule has 2 heterocycles. The van der Waals surface area contributed by atoms with Crippen LogP contribution in [0.25, 0.3) is 0 Å². The third-order valence-corrected chi connectivity index (χ3v) is 4.76. The van der Waals surface area contributed by atoms with E-state index in [1.165, 1.54) is 11.3 Å². The average Bonchev–Trinajstić information content (AvgIpc) is 3.05. The van der Waals surface area contributed by atoms with Gasteiger partial charge in [-0.3, -0.25) is 4.79 Å². The van der Waals surface area contributed by atoms with Crippen LogP contribution in [-0.4, -0.2) is 30.4 Å². The SMILES string of the molecule is CC(C)(C)C1CCN(C(=O)c2ccc3c(c2)CCN3)C1. The van der Waals surface area contributed by atoms with Crippen LogP contribution in [0.1, 0.15) is 43.1 Å². The van der Waals surface area contributed by atoms with Gasteiger partial charge < -0.3 is 10.2 Å². The lowest BCUT2D eigenvalue weighted by molar-refractivity contribution is 0.0776. The lowest BCUT2D eigenvalue weighted by Gasteiger charge is -2.27. The smallest absolute Gasteiger partial charge is 0.253 e. The standard InChI is InChI=1S/C17H24N2O/c1-17(2,3)14-7-9-19(11-14)16(20)13-4-5-15-12(10-13)6-8-18-15/h4-5,10,14,18H,6-9,11H2,1-3H3. The Morgan fingerprint density at radius 2 is 2.15 bits per heavy atom. The molecule has 0 bridgehead atoms. The largest absolute Gasteiger partial charge is 0.384 e. The fourth-order valence-electron chi connectivity index (χ4n) is 3.27. The maximum absolute atomic E-state index is 12.6. The van der Waals surface area contributed by atoms with Crippen molar-refractivity contribution in [3.05, 3.63) is 29.3 Å². The van der Waals surface area contributed by atoms with E-state index < -0.39 is 0 Å². The first kappa shape index (κ1) is 13.5. The molecule has 3 nitrogen and oxygen atoms in total. The Bertz CT molecular complexity index is 530. The lowest BCUT2D eigenvalue weighted by atomic mass is 9.80. The van der Waals surface area contributed by atoms with Gasteiger partial charge in [0.1, 0.15) is 0 Å². The van der Waals surface area contributed by atoms with Crippen molar-refractivity contribution in [2.24, 2.45) is 11.3 Å². The molecule has 3 rings (SSSR count). The van der Waals surface area contributed by atoms with Gasteiger partial charge in [0.2, 0.25) is 0 Å². The Labute approximate surface area is 121 Å². The molecule has 2 aliphatic heterocycles. The minimum Gasteiger partial charge on any atom is -0.384 e. The molecule has 0 spiro atoms. The molecule has 2 aliphatic rings. The number of rotatable bonds is 1. The number of carbonyl (C=O) groups excluding carboxylic acids is 1. The van der Waals surface area contributed by atoms with Crippen molar-refractivity contribution in [2.75, 3.05) is 25.0 Å². The molecule has 0 saturated carbocycles. The summed E-state index contributed by atoms with van der Waals surface area (Å²) in [5, 5.41) is 3.34. The summed E-state index contributed by atoms with van der Waals surface area (Å²) in [6.45, 7) is 9.60. The van der Waals surface area contributed by atoms with E-state index >= 15 is 0 Å². The highest BCUT2D eigenvalue weighted by molar-refractivity contribution is 5.95. The van der Waals surface area contributed by atoms with Gasteiger partial charge >= 0.3 is 0 Å². The number of likely N-dealkylation sites (tertiary alicyclic amines) is 1. The van der Waals surface area contributed by atoms with Crippen molar-refractivity contribution in [1.82, 2.24) is 4.90 Å². The number of amides is 1. The molecule has 1 saturated heterocycles. The summed E-state index contributed by atoms with van der Waals surface area (Å²) in [5.41, 5.74) is 3.61. The van der Waals surface area contributed by atoms with Crippen LogP contribution in [0, 0.1) is 11.3 Å². The molecule has 0 aliphatic carbocycles. The van der Waals surface area contributed by atoms with Gasteiger partial charge in [0.05, 0.1) is 0 Å². The number of fused-ring (bicyclic) bond motifs is 1. The molecule has 108 valence electrons. The Morgan fingerprint density at radius 1 is 1.35 bits per heavy atom. The first-order valence-electron chi connectivity index (χ1n) is 7.61. The number of nitrogens with one attached hydrogen (secondary N) is 1. The third-order valence-electron chi connectivity index (χ3n) is 4.76. The van der Waals surface area contributed by atoms with Crippen molar-refractivity contribution >= 4 is 11.6 Å². The highest BCUT2D eigenvalue weighted by Gasteiger charge is 2.34. The molecule has 3 heteroatoms. The zero-order valence-corrected chi connectivity index (χ0v) is 12.7. The lowest BCUT2D eigenvalue weighted by Crippen LogP contribution is -2.31. The molecule has 1 aromatic rings. The van der Waals surface area contributed by atoms with E-state index in [4.69, 9.17) is 0 Å². The second-order valence-electron chi connectivity index (χ2n) is 7.15. The summed E-state index contributed by atoms with van der Waals surface area (Å²) >= 11 is 0. The van der Waals surface area contributed by atoms with Gasteiger partial charge in [-0.05, 0) is 47.9 Å².